The van der Waals surface area contributed by atoms with Gasteiger partial charge in [0.2, 0.25) is 0 Å². The first-order chi connectivity index (χ1) is 6.35. The van der Waals surface area contributed by atoms with E-state index in [0.29, 0.717) is 12.1 Å². The smallest absolute Gasteiger partial charge is 0.290 e. The molecule has 1 rings (SSSR count). The minimum Gasteiger partial charge on any atom is -0.323 e. The van der Waals surface area contributed by atoms with Gasteiger partial charge in [-0.1, -0.05) is 0 Å². The Morgan fingerprint density at radius 3 is 2.29 bits per heavy atom. The zero-order valence-corrected chi connectivity index (χ0v) is 7.40. The lowest BCUT2D eigenvalue weighted by molar-refractivity contribution is -0.0289. The van der Waals surface area contributed by atoms with Crippen LogP contribution in [0.2, 0.25) is 0 Å². The summed E-state index contributed by atoms with van der Waals surface area (Å²) in [6.45, 7) is 1.06. The molecule has 14 heavy (non-hydrogen) atoms. The fraction of sp³-hybridized carbons (Fsp3) is 0.333. The molecule has 1 nitrogen and oxygen atoms in total. The van der Waals surface area contributed by atoms with E-state index in [1.165, 1.54) is 0 Å². The average Bonchev–Trinajstić information content (AvgIpc) is 2.02. The van der Waals surface area contributed by atoms with Gasteiger partial charge >= 0.3 is 0 Å². The Morgan fingerprint density at radius 2 is 1.86 bits per heavy atom. The van der Waals surface area contributed by atoms with E-state index >= 15 is 0 Å². The van der Waals surface area contributed by atoms with Crippen molar-refractivity contribution in [3.63, 3.8) is 0 Å². The molecule has 0 spiro atoms. The molecule has 0 aliphatic heterocycles. The summed E-state index contributed by atoms with van der Waals surface area (Å²) < 4.78 is 51.7. The second-order valence-electron chi connectivity index (χ2n) is 3.04. The summed E-state index contributed by atoms with van der Waals surface area (Å²) >= 11 is 0. The largest absolute Gasteiger partial charge is 0.323 e. The highest BCUT2D eigenvalue weighted by atomic mass is 19.3. The van der Waals surface area contributed by atoms with Gasteiger partial charge in [-0.2, -0.15) is 8.78 Å². The molecule has 0 aliphatic carbocycles. The van der Waals surface area contributed by atoms with Gasteiger partial charge in [0.15, 0.2) is 0 Å². The van der Waals surface area contributed by atoms with E-state index in [-0.39, 0.29) is 0 Å². The molecular weight excluding hydrogens is 198 g/mol. The topological polar surface area (TPSA) is 26.0 Å². The normalized spacial score (nSPS) is 14.1. The van der Waals surface area contributed by atoms with Crippen LogP contribution in [0, 0.1) is 11.6 Å². The van der Waals surface area contributed by atoms with E-state index < -0.39 is 29.2 Å². The first kappa shape index (κ1) is 11.0. The van der Waals surface area contributed by atoms with E-state index in [1.54, 1.807) is 0 Å². The fourth-order valence-electron chi connectivity index (χ4n) is 1.01. The molecule has 0 aromatic heterocycles. The first-order valence-corrected chi connectivity index (χ1v) is 3.94. The van der Waals surface area contributed by atoms with Crippen molar-refractivity contribution in [3.05, 3.63) is 35.4 Å². The zero-order chi connectivity index (χ0) is 10.9. The van der Waals surface area contributed by atoms with Gasteiger partial charge in [0.25, 0.3) is 5.92 Å². The second-order valence-corrected chi connectivity index (χ2v) is 3.04. The van der Waals surface area contributed by atoms with Crippen LogP contribution in [0.1, 0.15) is 12.5 Å². The summed E-state index contributed by atoms with van der Waals surface area (Å²) in [6, 6.07) is 0.358. The quantitative estimate of drug-likeness (QED) is 0.740. The maximum Gasteiger partial charge on any atom is 0.290 e. The van der Waals surface area contributed by atoms with Crippen molar-refractivity contribution in [1.82, 2.24) is 0 Å². The van der Waals surface area contributed by atoms with Crippen molar-refractivity contribution < 1.29 is 17.6 Å². The second kappa shape index (κ2) is 3.57. The molecule has 78 valence electrons. The van der Waals surface area contributed by atoms with E-state index in [1.807, 2.05) is 0 Å². The minimum atomic E-state index is -3.49. The molecular formula is C9H9F4N. The van der Waals surface area contributed by atoms with Crippen LogP contribution in [0.3, 0.4) is 0 Å². The van der Waals surface area contributed by atoms with Crippen LogP contribution >= 0.6 is 0 Å². The van der Waals surface area contributed by atoms with Crippen LogP contribution in [0.15, 0.2) is 18.2 Å². The number of alkyl halides is 2. The van der Waals surface area contributed by atoms with Crippen LogP contribution in [-0.2, 0) is 5.92 Å². The summed E-state index contributed by atoms with van der Waals surface area (Å²) in [5, 5.41) is 0. The molecule has 0 radical (unpaired) electrons. The van der Waals surface area contributed by atoms with Crippen molar-refractivity contribution in [2.75, 3.05) is 0 Å². The molecule has 0 saturated carbocycles. The molecule has 0 heterocycles. The minimum absolute atomic E-state index is 0.408. The van der Waals surface area contributed by atoms with E-state index in [4.69, 9.17) is 5.73 Å². The van der Waals surface area contributed by atoms with Crippen molar-refractivity contribution in [2.45, 2.75) is 18.9 Å². The first-order valence-electron chi connectivity index (χ1n) is 3.94. The molecule has 1 atom stereocenters. The Kier molecular flexibility index (Phi) is 2.80. The predicted octanol–water partition coefficient (Wildman–Crippen LogP) is 2.40. The van der Waals surface area contributed by atoms with Crippen LogP contribution in [0.25, 0.3) is 0 Å². The van der Waals surface area contributed by atoms with E-state index in [2.05, 4.69) is 0 Å². The van der Waals surface area contributed by atoms with Gasteiger partial charge < -0.3 is 5.73 Å². The highest BCUT2D eigenvalue weighted by molar-refractivity contribution is 5.24. The Bertz CT molecular complexity index is 336. The Morgan fingerprint density at radius 1 is 1.29 bits per heavy atom. The molecule has 0 fully saturated rings. The summed E-state index contributed by atoms with van der Waals surface area (Å²) in [6.07, 6.45) is 0. The molecule has 1 aromatic rings. The zero-order valence-electron chi connectivity index (χ0n) is 7.40. The average molecular weight is 207 g/mol. The van der Waals surface area contributed by atoms with Gasteiger partial charge in [0.05, 0.1) is 11.6 Å². The molecule has 0 saturated heterocycles. The van der Waals surface area contributed by atoms with Crippen LogP contribution in [0.5, 0.6) is 0 Å². The summed E-state index contributed by atoms with van der Waals surface area (Å²) in [4.78, 5) is 0. The van der Waals surface area contributed by atoms with Gasteiger partial charge in [-0.25, -0.2) is 8.78 Å². The number of rotatable bonds is 2. The van der Waals surface area contributed by atoms with Crippen LogP contribution in [0.4, 0.5) is 17.6 Å². The summed E-state index contributed by atoms with van der Waals surface area (Å²) in [5.74, 6) is -5.67. The highest BCUT2D eigenvalue weighted by Gasteiger charge is 2.38. The highest BCUT2D eigenvalue weighted by Crippen LogP contribution is 2.32. The van der Waals surface area contributed by atoms with Gasteiger partial charge in [-0.15, -0.1) is 0 Å². The lowest BCUT2D eigenvalue weighted by Gasteiger charge is -2.20. The number of hydrogen-bond acceptors (Lipinski definition) is 1. The van der Waals surface area contributed by atoms with Crippen molar-refractivity contribution in [1.29, 1.82) is 0 Å². The Balaban J connectivity index is 3.19. The Labute approximate surface area is 78.5 Å². The molecule has 0 amide bonds. The number of halogens is 4. The molecule has 0 bridgehead atoms. The third kappa shape index (κ3) is 1.87. The predicted molar refractivity (Wildman–Crippen MR) is 43.9 cm³/mol. The van der Waals surface area contributed by atoms with Crippen LogP contribution in [-0.4, -0.2) is 6.04 Å². The van der Waals surface area contributed by atoms with E-state index in [9.17, 15) is 17.6 Å². The van der Waals surface area contributed by atoms with Crippen LogP contribution < -0.4 is 5.73 Å². The lowest BCUT2D eigenvalue weighted by atomic mass is 10.0. The molecule has 1 aromatic carbocycles. The maximum atomic E-state index is 13.2. The van der Waals surface area contributed by atoms with Gasteiger partial charge in [-0.3, -0.25) is 0 Å². The molecule has 0 aliphatic rings. The number of hydrogen-bond donors (Lipinski definition) is 1. The third-order valence-electron chi connectivity index (χ3n) is 1.86. The lowest BCUT2D eigenvalue weighted by Crippen LogP contribution is -2.36. The summed E-state index contributed by atoms with van der Waals surface area (Å²) in [7, 11) is 0. The summed E-state index contributed by atoms with van der Waals surface area (Å²) in [5.41, 5.74) is 4.12. The Hall–Kier alpha value is -1.10. The molecule has 5 heteroatoms. The fourth-order valence-corrected chi connectivity index (χ4v) is 1.01. The standard InChI is InChI=1S/C9H9F4N/c1-5(14)9(12,13)7-3-2-6(10)4-8(7)11/h2-5H,14H2,1H3. The number of nitrogens with two attached hydrogens (primary N) is 1. The molecule has 1 unspecified atom stereocenters. The third-order valence-corrected chi connectivity index (χ3v) is 1.86. The van der Waals surface area contributed by atoms with Gasteiger partial charge in [0, 0.05) is 6.07 Å². The van der Waals surface area contributed by atoms with Gasteiger partial charge in [0.1, 0.15) is 11.6 Å². The number of benzene rings is 1. The van der Waals surface area contributed by atoms with E-state index in [0.717, 1.165) is 13.0 Å². The van der Waals surface area contributed by atoms with Crippen molar-refractivity contribution >= 4 is 0 Å². The van der Waals surface area contributed by atoms with Crippen molar-refractivity contribution in [3.8, 4) is 0 Å². The maximum absolute atomic E-state index is 13.2. The monoisotopic (exact) mass is 207 g/mol. The SMILES string of the molecule is CC(N)C(F)(F)c1ccc(F)cc1F. The van der Waals surface area contributed by atoms with Crippen molar-refractivity contribution in [2.24, 2.45) is 5.73 Å². The van der Waals surface area contributed by atoms with Gasteiger partial charge in [-0.05, 0) is 19.1 Å². The molecule has 2 N–H and O–H groups in total.